The smallest absolute Gasteiger partial charge is 0.336 e. The molecule has 230 valence electrons. The third kappa shape index (κ3) is 6.27. The molecule has 0 amide bonds. The first kappa shape index (κ1) is 30.0. The summed E-state index contributed by atoms with van der Waals surface area (Å²) in [6, 6.07) is 34.2. The molecule has 46 heavy (non-hydrogen) atoms. The van der Waals surface area contributed by atoms with Crippen LogP contribution in [0.2, 0.25) is 0 Å². The average Bonchev–Trinajstić information content (AvgIpc) is 3.10. The molecule has 0 spiro atoms. The minimum Gasteiger partial charge on any atom is -0.496 e. The predicted molar refractivity (Wildman–Crippen MR) is 175 cm³/mol. The second kappa shape index (κ2) is 13.3. The van der Waals surface area contributed by atoms with Crippen molar-refractivity contribution in [1.29, 1.82) is 0 Å². The van der Waals surface area contributed by atoms with Crippen LogP contribution < -0.4 is 24.4 Å². The molecule has 0 fully saturated rings. The topological polar surface area (TPSA) is 104 Å². The molecule has 6 aromatic rings. The van der Waals surface area contributed by atoms with Crippen LogP contribution in [0.1, 0.15) is 21.5 Å². The Hall–Kier alpha value is -6.02. The molecule has 0 aliphatic rings. The molecule has 6 rings (SSSR count). The van der Waals surface area contributed by atoms with Crippen molar-refractivity contribution >= 4 is 16.9 Å². The van der Waals surface area contributed by atoms with Gasteiger partial charge in [-0.1, -0.05) is 60.7 Å². The molecule has 8 nitrogen and oxygen atoms in total. The van der Waals surface area contributed by atoms with E-state index in [1.807, 2.05) is 60.7 Å². The fraction of sp³-hybridized carbons (Fsp3) is 0.105. The molecule has 0 saturated heterocycles. The van der Waals surface area contributed by atoms with Crippen molar-refractivity contribution in [2.75, 3.05) is 14.2 Å². The zero-order valence-corrected chi connectivity index (χ0v) is 25.2. The van der Waals surface area contributed by atoms with E-state index in [2.05, 4.69) is 0 Å². The van der Waals surface area contributed by atoms with E-state index >= 15 is 0 Å². The van der Waals surface area contributed by atoms with Gasteiger partial charge in [-0.05, 0) is 53.6 Å². The van der Waals surface area contributed by atoms with E-state index in [-0.39, 0.29) is 45.8 Å². The number of carbonyl (C=O) groups is 1. The molecule has 0 aliphatic carbocycles. The van der Waals surface area contributed by atoms with Gasteiger partial charge in [-0.2, -0.15) is 0 Å². The van der Waals surface area contributed by atoms with Gasteiger partial charge in [0.25, 0.3) is 0 Å². The maximum atomic E-state index is 14.5. The lowest BCUT2D eigenvalue weighted by Crippen LogP contribution is -2.12. The Morgan fingerprint density at radius 3 is 1.89 bits per heavy atom. The SMILES string of the molecule is COc1cc(OC)c2c(=O)c(-c3cc(OCc4ccccc4)ccc3C(=O)O)c(-c3ccc(OCc4ccccc4)cc3)oc2c1. The van der Waals surface area contributed by atoms with Crippen LogP contribution in [0.25, 0.3) is 33.4 Å². The van der Waals surface area contributed by atoms with Crippen molar-refractivity contribution < 1.29 is 33.3 Å². The lowest BCUT2D eigenvalue weighted by Gasteiger charge is -2.16. The summed E-state index contributed by atoms with van der Waals surface area (Å²) in [5.41, 5.74) is 2.35. The summed E-state index contributed by atoms with van der Waals surface area (Å²) in [4.78, 5) is 27.0. The van der Waals surface area contributed by atoms with Crippen LogP contribution in [0.3, 0.4) is 0 Å². The van der Waals surface area contributed by atoms with Crippen LogP contribution in [-0.4, -0.2) is 25.3 Å². The first-order valence-electron chi connectivity index (χ1n) is 14.5. The summed E-state index contributed by atoms with van der Waals surface area (Å²) in [7, 11) is 2.94. The van der Waals surface area contributed by atoms with E-state index in [9.17, 15) is 14.7 Å². The highest BCUT2D eigenvalue weighted by atomic mass is 16.5. The molecule has 0 unspecified atom stereocenters. The fourth-order valence-electron chi connectivity index (χ4n) is 5.18. The van der Waals surface area contributed by atoms with E-state index < -0.39 is 11.4 Å². The first-order chi connectivity index (χ1) is 22.4. The van der Waals surface area contributed by atoms with E-state index in [1.165, 1.54) is 20.3 Å². The molecule has 0 radical (unpaired) electrons. The Morgan fingerprint density at radius 1 is 0.696 bits per heavy atom. The van der Waals surface area contributed by atoms with Crippen molar-refractivity contribution in [3.05, 3.63) is 142 Å². The van der Waals surface area contributed by atoms with E-state index in [1.54, 1.807) is 48.5 Å². The second-order valence-corrected chi connectivity index (χ2v) is 10.4. The van der Waals surface area contributed by atoms with Crippen molar-refractivity contribution in [2.45, 2.75) is 13.2 Å². The van der Waals surface area contributed by atoms with Crippen LogP contribution in [0.15, 0.2) is 124 Å². The molecule has 1 aromatic heterocycles. The zero-order valence-electron chi connectivity index (χ0n) is 25.2. The average molecular weight is 615 g/mol. The number of aromatic carboxylic acids is 1. The van der Waals surface area contributed by atoms with Crippen LogP contribution in [-0.2, 0) is 13.2 Å². The number of rotatable bonds is 11. The Bertz CT molecular complexity index is 2050. The molecule has 8 heteroatoms. The molecule has 1 N–H and O–H groups in total. The Kier molecular flexibility index (Phi) is 8.69. The lowest BCUT2D eigenvalue weighted by molar-refractivity contribution is 0.0697. The quantitative estimate of drug-likeness (QED) is 0.157. The molecule has 1 heterocycles. The minimum absolute atomic E-state index is 0.0523. The Balaban J connectivity index is 1.50. The maximum absolute atomic E-state index is 14.5. The highest BCUT2D eigenvalue weighted by molar-refractivity contribution is 6.01. The summed E-state index contributed by atoms with van der Waals surface area (Å²) >= 11 is 0. The number of hydrogen-bond donors (Lipinski definition) is 1. The number of hydrogen-bond acceptors (Lipinski definition) is 7. The van der Waals surface area contributed by atoms with Gasteiger partial charge in [-0.15, -0.1) is 0 Å². The van der Waals surface area contributed by atoms with E-state index in [0.29, 0.717) is 29.4 Å². The van der Waals surface area contributed by atoms with Gasteiger partial charge in [0.05, 0.1) is 25.3 Å². The minimum atomic E-state index is -1.21. The van der Waals surface area contributed by atoms with Crippen LogP contribution in [0.5, 0.6) is 23.0 Å². The van der Waals surface area contributed by atoms with Gasteiger partial charge in [-0.25, -0.2) is 4.79 Å². The highest BCUT2D eigenvalue weighted by Gasteiger charge is 2.25. The molecule has 0 bridgehead atoms. The van der Waals surface area contributed by atoms with E-state index in [4.69, 9.17) is 23.4 Å². The number of methoxy groups -OCH3 is 2. The summed E-state index contributed by atoms with van der Waals surface area (Å²) in [6.07, 6.45) is 0. The molecule has 0 atom stereocenters. The largest absolute Gasteiger partial charge is 0.496 e. The third-order valence-corrected chi connectivity index (χ3v) is 7.49. The predicted octanol–water partition coefficient (Wildman–Crippen LogP) is 8.00. The number of carboxylic acid groups (broad SMARTS) is 1. The summed E-state index contributed by atoms with van der Waals surface area (Å²) in [5.74, 6) is 0.627. The fourth-order valence-corrected chi connectivity index (χ4v) is 5.18. The normalized spacial score (nSPS) is 10.8. The summed E-state index contributed by atoms with van der Waals surface area (Å²) < 4.78 is 29.4. The monoisotopic (exact) mass is 614 g/mol. The van der Waals surface area contributed by atoms with Gasteiger partial charge < -0.3 is 28.5 Å². The van der Waals surface area contributed by atoms with E-state index in [0.717, 1.165) is 11.1 Å². The molecular formula is C38H30O8. The molecule has 0 saturated carbocycles. The lowest BCUT2D eigenvalue weighted by atomic mass is 9.94. The number of ether oxygens (including phenoxy) is 4. The van der Waals surface area contributed by atoms with Crippen LogP contribution in [0, 0.1) is 0 Å². The van der Waals surface area contributed by atoms with Gasteiger partial charge in [0.2, 0.25) is 5.43 Å². The van der Waals surface area contributed by atoms with Crippen LogP contribution >= 0.6 is 0 Å². The van der Waals surface area contributed by atoms with Crippen molar-refractivity contribution in [3.63, 3.8) is 0 Å². The Labute approximate surface area is 265 Å². The second-order valence-electron chi connectivity index (χ2n) is 10.4. The standard InChI is InChI=1S/C38H30O8/c1-42-29-20-32(43-2)35-33(21-29)46-37(26-13-15-27(16-14-26)44-22-24-9-5-3-6-10-24)34(36(35)39)31-19-28(17-18-30(31)38(40)41)45-23-25-11-7-4-8-12-25/h3-21H,22-23H2,1-2H3,(H,40,41). The summed E-state index contributed by atoms with van der Waals surface area (Å²) in [5, 5.41) is 10.4. The van der Waals surface area contributed by atoms with Gasteiger partial charge in [0, 0.05) is 23.3 Å². The van der Waals surface area contributed by atoms with Crippen molar-refractivity contribution in [1.82, 2.24) is 0 Å². The molecule has 0 aliphatic heterocycles. The zero-order chi connectivity index (χ0) is 32.0. The summed E-state index contributed by atoms with van der Waals surface area (Å²) in [6.45, 7) is 0.637. The van der Waals surface area contributed by atoms with Gasteiger partial charge in [0.1, 0.15) is 52.9 Å². The first-order valence-corrected chi connectivity index (χ1v) is 14.5. The Morgan fingerprint density at radius 2 is 1.30 bits per heavy atom. The van der Waals surface area contributed by atoms with Gasteiger partial charge in [0.15, 0.2) is 0 Å². The van der Waals surface area contributed by atoms with Crippen molar-refractivity contribution in [2.24, 2.45) is 0 Å². The third-order valence-electron chi connectivity index (χ3n) is 7.49. The van der Waals surface area contributed by atoms with Crippen LogP contribution in [0.4, 0.5) is 0 Å². The maximum Gasteiger partial charge on any atom is 0.336 e. The van der Waals surface area contributed by atoms with Crippen molar-refractivity contribution in [3.8, 4) is 45.4 Å². The molecular weight excluding hydrogens is 584 g/mol. The highest BCUT2D eigenvalue weighted by Crippen LogP contribution is 2.39. The number of carboxylic acids is 1. The molecule has 5 aromatic carbocycles. The number of benzene rings is 5. The van der Waals surface area contributed by atoms with Gasteiger partial charge in [-0.3, -0.25) is 4.79 Å². The number of fused-ring (bicyclic) bond motifs is 1. The van der Waals surface area contributed by atoms with Gasteiger partial charge >= 0.3 is 5.97 Å².